The lowest BCUT2D eigenvalue weighted by Crippen LogP contribution is -2.19. The highest BCUT2D eigenvalue weighted by Gasteiger charge is 2.33. The maximum Gasteiger partial charge on any atom is 0.574 e. The molecule has 0 atom stereocenters. The second-order valence-corrected chi connectivity index (χ2v) is 3.21. The number of nitrogens with zero attached hydrogens (tertiary/aromatic N) is 1. The van der Waals surface area contributed by atoms with Gasteiger partial charge in [0.25, 0.3) is 0 Å². The molecular weight excluding hydrogens is 263 g/mol. The van der Waals surface area contributed by atoms with Crippen LogP contribution in [0.25, 0.3) is 0 Å². The molecule has 0 aromatic carbocycles. The number of alkyl halides is 4. The first kappa shape index (κ1) is 13.9. The Hall–Kier alpha value is -1.21. The summed E-state index contributed by atoms with van der Waals surface area (Å²) in [6.07, 6.45) is -4.87. The van der Waals surface area contributed by atoms with Gasteiger partial charge in [-0.15, -0.1) is 24.8 Å². The van der Waals surface area contributed by atoms with Gasteiger partial charge in [0, 0.05) is 5.56 Å². The number of hydrogen-bond acceptors (Lipinski definition) is 4. The van der Waals surface area contributed by atoms with Gasteiger partial charge in [-0.05, 0) is 6.07 Å². The van der Waals surface area contributed by atoms with Gasteiger partial charge in [-0.2, -0.15) is 0 Å². The van der Waals surface area contributed by atoms with E-state index in [0.717, 1.165) is 0 Å². The molecule has 96 valence electrons. The molecule has 1 N–H and O–H groups in total. The minimum absolute atomic E-state index is 0.0260. The molecule has 8 heteroatoms. The Labute approximate surface area is 99.9 Å². The highest BCUT2D eigenvalue weighted by Crippen LogP contribution is 2.30. The van der Waals surface area contributed by atoms with Crippen LogP contribution in [-0.2, 0) is 12.5 Å². The highest BCUT2D eigenvalue weighted by molar-refractivity contribution is 6.17. The van der Waals surface area contributed by atoms with E-state index >= 15 is 0 Å². The predicted octanol–water partition coefficient (Wildman–Crippen LogP) is 2.22. The van der Waals surface area contributed by atoms with Gasteiger partial charge >= 0.3 is 6.36 Å². The average Bonchev–Trinajstić information content (AvgIpc) is 2.26. The number of hydrogen-bond donors (Lipinski definition) is 1. The maximum atomic E-state index is 12.1. The van der Waals surface area contributed by atoms with Crippen molar-refractivity contribution in [1.29, 1.82) is 0 Å². The first-order valence-electron chi connectivity index (χ1n) is 4.40. The van der Waals surface area contributed by atoms with Gasteiger partial charge in [0.1, 0.15) is 11.4 Å². The summed E-state index contributed by atoms with van der Waals surface area (Å²) in [5.41, 5.74) is -0.0290. The van der Waals surface area contributed by atoms with Crippen molar-refractivity contribution in [3.63, 3.8) is 0 Å². The van der Waals surface area contributed by atoms with Crippen LogP contribution in [0.15, 0.2) is 6.07 Å². The quantitative estimate of drug-likeness (QED) is 0.853. The molecule has 0 radical (unpaired) electrons. The topological polar surface area (TPSA) is 51.6 Å². The zero-order valence-corrected chi connectivity index (χ0v) is 9.47. The predicted molar refractivity (Wildman–Crippen MR) is 53.0 cm³/mol. The molecule has 1 rings (SSSR count). The molecule has 0 aliphatic heterocycles. The number of aliphatic hydroxyl groups excluding tert-OH is 1. The standard InChI is InChI=1S/C9H9ClF3NO3/c1-16-7-2-5(3-10)8(14-6(7)4-15)17-9(11,12)13/h2,15H,3-4H2,1H3. The number of rotatable bonds is 4. The third-order valence-electron chi connectivity index (χ3n) is 1.83. The van der Waals surface area contributed by atoms with Gasteiger partial charge in [0.05, 0.1) is 19.6 Å². The highest BCUT2D eigenvalue weighted by atomic mass is 35.5. The summed E-state index contributed by atoms with van der Waals surface area (Å²) in [4.78, 5) is 3.52. The molecule has 1 heterocycles. The third-order valence-corrected chi connectivity index (χ3v) is 2.11. The number of aromatic nitrogens is 1. The van der Waals surface area contributed by atoms with E-state index < -0.39 is 18.8 Å². The number of halogens is 4. The van der Waals surface area contributed by atoms with Crippen LogP contribution in [-0.4, -0.2) is 23.6 Å². The Morgan fingerprint density at radius 3 is 2.53 bits per heavy atom. The van der Waals surface area contributed by atoms with Crippen molar-refractivity contribution >= 4 is 11.6 Å². The molecule has 0 aliphatic carbocycles. The van der Waals surface area contributed by atoms with Gasteiger partial charge in [-0.1, -0.05) is 0 Å². The van der Waals surface area contributed by atoms with Crippen molar-refractivity contribution in [3.8, 4) is 11.6 Å². The van der Waals surface area contributed by atoms with E-state index in [4.69, 9.17) is 21.4 Å². The zero-order chi connectivity index (χ0) is 13.1. The summed E-state index contributed by atoms with van der Waals surface area (Å²) in [5.74, 6) is -0.754. The van der Waals surface area contributed by atoms with Crippen LogP contribution in [0.4, 0.5) is 13.2 Å². The molecule has 0 unspecified atom stereocenters. The minimum Gasteiger partial charge on any atom is -0.495 e. The van der Waals surface area contributed by atoms with Gasteiger partial charge in [-0.3, -0.25) is 0 Å². The maximum absolute atomic E-state index is 12.1. The lowest BCUT2D eigenvalue weighted by atomic mass is 10.2. The Morgan fingerprint density at radius 2 is 2.12 bits per heavy atom. The lowest BCUT2D eigenvalue weighted by Gasteiger charge is -2.14. The van der Waals surface area contributed by atoms with Crippen molar-refractivity contribution in [2.24, 2.45) is 0 Å². The molecule has 0 spiro atoms. The normalized spacial score (nSPS) is 11.4. The third kappa shape index (κ3) is 3.64. The SMILES string of the molecule is COc1cc(CCl)c(OC(F)(F)F)nc1CO. The van der Waals surface area contributed by atoms with E-state index in [0.29, 0.717) is 0 Å². The summed E-state index contributed by atoms with van der Waals surface area (Å²) in [6, 6.07) is 1.24. The molecule has 0 bridgehead atoms. The van der Waals surface area contributed by atoms with Crippen LogP contribution in [0, 0.1) is 0 Å². The van der Waals surface area contributed by atoms with Crippen LogP contribution in [0.1, 0.15) is 11.3 Å². The van der Waals surface area contributed by atoms with E-state index in [1.807, 2.05) is 0 Å². The van der Waals surface area contributed by atoms with Crippen LogP contribution >= 0.6 is 11.6 Å². The second-order valence-electron chi connectivity index (χ2n) is 2.94. The minimum atomic E-state index is -4.87. The smallest absolute Gasteiger partial charge is 0.495 e. The molecule has 4 nitrogen and oxygen atoms in total. The van der Waals surface area contributed by atoms with Crippen molar-refractivity contribution in [2.75, 3.05) is 7.11 Å². The number of aliphatic hydroxyl groups is 1. The molecular formula is C9H9ClF3NO3. The molecule has 1 aromatic rings. The van der Waals surface area contributed by atoms with Crippen molar-refractivity contribution in [3.05, 3.63) is 17.3 Å². The summed E-state index contributed by atoms with van der Waals surface area (Å²) in [7, 11) is 1.30. The summed E-state index contributed by atoms with van der Waals surface area (Å²) >= 11 is 5.48. The molecule has 17 heavy (non-hydrogen) atoms. The fourth-order valence-corrected chi connectivity index (χ4v) is 1.33. The molecule has 0 amide bonds. The van der Waals surface area contributed by atoms with Crippen LogP contribution < -0.4 is 9.47 Å². The van der Waals surface area contributed by atoms with E-state index in [-0.39, 0.29) is 22.9 Å². The first-order valence-corrected chi connectivity index (χ1v) is 4.94. The summed E-state index contributed by atoms with van der Waals surface area (Å²) < 4.78 is 44.8. The first-order chi connectivity index (χ1) is 7.91. The van der Waals surface area contributed by atoms with Crippen LogP contribution in [0.3, 0.4) is 0 Å². The van der Waals surface area contributed by atoms with E-state index in [9.17, 15) is 13.2 Å². The second kappa shape index (κ2) is 5.42. The van der Waals surface area contributed by atoms with Gasteiger partial charge in [-0.25, -0.2) is 4.98 Å². The average molecular weight is 272 g/mol. The van der Waals surface area contributed by atoms with Gasteiger partial charge in [0.2, 0.25) is 5.88 Å². The molecule has 0 fully saturated rings. The zero-order valence-electron chi connectivity index (χ0n) is 8.71. The number of pyridine rings is 1. The lowest BCUT2D eigenvalue weighted by molar-refractivity contribution is -0.276. The molecule has 1 aromatic heterocycles. The number of ether oxygens (including phenoxy) is 2. The monoisotopic (exact) mass is 271 g/mol. The van der Waals surface area contributed by atoms with Crippen molar-refractivity contribution in [2.45, 2.75) is 18.8 Å². The van der Waals surface area contributed by atoms with Gasteiger partial charge in [0.15, 0.2) is 0 Å². The Bertz CT molecular complexity index is 398. The van der Waals surface area contributed by atoms with E-state index in [2.05, 4.69) is 9.72 Å². The molecule has 0 aliphatic rings. The Balaban J connectivity index is 3.19. The van der Waals surface area contributed by atoms with Crippen molar-refractivity contribution < 1.29 is 27.8 Å². The fourth-order valence-electron chi connectivity index (χ4n) is 1.14. The van der Waals surface area contributed by atoms with E-state index in [1.165, 1.54) is 13.2 Å². The largest absolute Gasteiger partial charge is 0.574 e. The fraction of sp³-hybridized carbons (Fsp3) is 0.444. The molecule has 0 saturated carbocycles. The molecule has 0 saturated heterocycles. The summed E-state index contributed by atoms with van der Waals surface area (Å²) in [5, 5.41) is 8.92. The summed E-state index contributed by atoms with van der Waals surface area (Å²) in [6.45, 7) is -0.569. The Morgan fingerprint density at radius 1 is 1.47 bits per heavy atom. The van der Waals surface area contributed by atoms with Crippen molar-refractivity contribution in [1.82, 2.24) is 4.98 Å². The Kier molecular flexibility index (Phi) is 4.41. The van der Waals surface area contributed by atoms with Crippen LogP contribution in [0.5, 0.6) is 11.6 Å². The van der Waals surface area contributed by atoms with Gasteiger partial charge < -0.3 is 14.6 Å². The van der Waals surface area contributed by atoms with E-state index in [1.54, 1.807) is 0 Å². The van der Waals surface area contributed by atoms with Crippen LogP contribution in [0.2, 0.25) is 0 Å². The number of methoxy groups -OCH3 is 1.